The molecule has 0 bridgehead atoms. The van der Waals surface area contributed by atoms with Gasteiger partial charge < -0.3 is 26.1 Å². The number of rotatable bonds is 11. The van der Waals surface area contributed by atoms with Crippen molar-refractivity contribution < 1.29 is 38.8 Å². The predicted molar refractivity (Wildman–Crippen MR) is 144 cm³/mol. The average molecular weight is 594 g/mol. The molecule has 3 atom stereocenters. The molecule has 0 unspecified atom stereocenters. The number of carboxylic acids is 2. The fourth-order valence-electron chi connectivity index (χ4n) is 3.70. The van der Waals surface area contributed by atoms with Gasteiger partial charge in [-0.3, -0.25) is 14.5 Å². The van der Waals surface area contributed by atoms with Crippen molar-refractivity contribution in [3.63, 3.8) is 0 Å². The lowest BCUT2D eigenvalue weighted by molar-refractivity contribution is -0.693. The van der Waals surface area contributed by atoms with Crippen molar-refractivity contribution in [3.8, 4) is 0 Å². The molecular formula is C23H25N6O7S3+. The molecule has 1 saturated heterocycles. The Morgan fingerprint density at radius 3 is 2.67 bits per heavy atom. The van der Waals surface area contributed by atoms with Gasteiger partial charge >= 0.3 is 11.9 Å². The number of nitrogen functional groups attached to an aromatic ring is 1. The number of pyridine rings is 1. The van der Waals surface area contributed by atoms with Crippen LogP contribution in [0.15, 0.2) is 51.2 Å². The van der Waals surface area contributed by atoms with E-state index >= 15 is 0 Å². The van der Waals surface area contributed by atoms with Crippen LogP contribution >= 0.6 is 34.9 Å². The van der Waals surface area contributed by atoms with Gasteiger partial charge in [-0.15, -0.1) is 34.9 Å². The first-order valence-electron chi connectivity index (χ1n) is 11.6. The van der Waals surface area contributed by atoms with Gasteiger partial charge in [-0.05, 0) is 19.4 Å². The highest BCUT2D eigenvalue weighted by Gasteiger charge is 2.54. The first-order chi connectivity index (χ1) is 18.6. The van der Waals surface area contributed by atoms with Crippen LogP contribution in [0.1, 0.15) is 19.5 Å². The minimum Gasteiger partial charge on any atom is -0.478 e. The van der Waals surface area contributed by atoms with E-state index in [2.05, 4.69) is 15.5 Å². The van der Waals surface area contributed by atoms with E-state index in [9.17, 15) is 24.3 Å². The lowest BCUT2D eigenvalue weighted by Gasteiger charge is -2.49. The molecule has 16 heteroatoms. The normalized spacial score (nSPS) is 19.7. The molecule has 0 spiro atoms. The summed E-state index contributed by atoms with van der Waals surface area (Å²) in [5, 5.41) is 26.1. The summed E-state index contributed by atoms with van der Waals surface area (Å²) in [6.07, 6.45) is 2.54. The molecule has 2 aromatic rings. The van der Waals surface area contributed by atoms with Crippen LogP contribution in [0.2, 0.25) is 0 Å². The zero-order chi connectivity index (χ0) is 28.3. The van der Waals surface area contributed by atoms with Crippen molar-refractivity contribution in [2.24, 2.45) is 5.16 Å². The average Bonchev–Trinajstić information content (AvgIpc) is 3.35. The largest absolute Gasteiger partial charge is 0.478 e. The van der Waals surface area contributed by atoms with Crippen LogP contribution < -0.4 is 15.6 Å². The van der Waals surface area contributed by atoms with Crippen molar-refractivity contribution in [2.45, 2.75) is 42.8 Å². The molecule has 0 saturated carbocycles. The van der Waals surface area contributed by atoms with Crippen LogP contribution in [-0.4, -0.2) is 78.6 Å². The summed E-state index contributed by atoms with van der Waals surface area (Å²) in [5.41, 5.74) is 5.87. The van der Waals surface area contributed by atoms with Crippen LogP contribution in [-0.2, 0) is 30.6 Å². The van der Waals surface area contributed by atoms with E-state index in [1.165, 1.54) is 40.7 Å². The number of fused-ring (bicyclic) bond motifs is 1. The minimum absolute atomic E-state index is 0.0447. The van der Waals surface area contributed by atoms with Crippen LogP contribution in [0.4, 0.5) is 5.13 Å². The topological polar surface area (TPSA) is 188 Å². The Morgan fingerprint density at radius 2 is 2.08 bits per heavy atom. The summed E-state index contributed by atoms with van der Waals surface area (Å²) in [6.45, 7) is 4.10. The number of aromatic nitrogens is 2. The van der Waals surface area contributed by atoms with Gasteiger partial charge in [0.05, 0.1) is 0 Å². The number of β-lactam (4-membered cyclic amide) rings is 1. The third kappa shape index (κ3) is 6.17. The van der Waals surface area contributed by atoms with E-state index in [0.29, 0.717) is 17.1 Å². The lowest BCUT2D eigenvalue weighted by Crippen LogP contribution is -2.71. The Labute approximate surface area is 235 Å². The smallest absolute Gasteiger partial charge is 0.352 e. The highest BCUT2D eigenvalue weighted by Crippen LogP contribution is 2.41. The van der Waals surface area contributed by atoms with Gasteiger partial charge in [-0.25, -0.2) is 19.1 Å². The highest BCUT2D eigenvalue weighted by molar-refractivity contribution is 8.01. The van der Waals surface area contributed by atoms with E-state index in [4.69, 9.17) is 15.7 Å². The second-order valence-corrected chi connectivity index (χ2v) is 11.4. The predicted octanol–water partition coefficient (Wildman–Crippen LogP) is 0.757. The minimum atomic E-state index is -1.35. The summed E-state index contributed by atoms with van der Waals surface area (Å²) in [6, 6.07) is 2.87. The van der Waals surface area contributed by atoms with E-state index < -0.39 is 41.3 Å². The molecule has 2 amide bonds. The third-order valence-corrected chi connectivity index (χ3v) is 8.92. The van der Waals surface area contributed by atoms with Gasteiger partial charge in [0.1, 0.15) is 29.4 Å². The maximum atomic E-state index is 13.1. The van der Waals surface area contributed by atoms with Gasteiger partial charge in [0.15, 0.2) is 23.2 Å². The second-order valence-electron chi connectivity index (χ2n) is 8.37. The molecule has 2 aromatic heterocycles. The zero-order valence-electron chi connectivity index (χ0n) is 20.8. The number of amides is 2. The van der Waals surface area contributed by atoms with Gasteiger partial charge in [0.25, 0.3) is 11.8 Å². The van der Waals surface area contributed by atoms with Gasteiger partial charge in [-0.1, -0.05) is 5.16 Å². The van der Waals surface area contributed by atoms with Gasteiger partial charge in [0.2, 0.25) is 6.10 Å². The van der Waals surface area contributed by atoms with Gasteiger partial charge in [0, 0.05) is 33.9 Å². The highest BCUT2D eigenvalue weighted by atomic mass is 32.2. The number of carbonyl (C=O) groups is 4. The molecule has 39 heavy (non-hydrogen) atoms. The molecule has 2 aliphatic heterocycles. The van der Waals surface area contributed by atoms with E-state index in [1.54, 1.807) is 0 Å². The number of hydrogen-bond acceptors (Lipinski definition) is 11. The van der Waals surface area contributed by atoms with Crippen molar-refractivity contribution >= 4 is 69.5 Å². The Hall–Kier alpha value is -3.63. The SMILES string of the molecule is CC[n+]1ccc(SCC2=C(C(=O)O)N3C(=O)[C@@H](NC(=O)/C(=N\O[C@@H](C)C(=O)O)c4csc(N)n4)[C@H]3SC2)cc1. The fourth-order valence-corrected chi connectivity index (χ4v) is 6.62. The zero-order valence-corrected chi connectivity index (χ0v) is 23.2. The maximum absolute atomic E-state index is 13.1. The number of nitrogens with two attached hydrogens (primary N) is 1. The maximum Gasteiger partial charge on any atom is 0.352 e. The molecule has 0 aliphatic carbocycles. The molecule has 5 N–H and O–H groups in total. The Bertz CT molecular complexity index is 1360. The summed E-state index contributed by atoms with van der Waals surface area (Å²) in [5.74, 6) is -3.19. The number of aryl methyl sites for hydroxylation is 1. The number of nitrogens with one attached hydrogen (secondary N) is 1. The molecular weight excluding hydrogens is 568 g/mol. The fraction of sp³-hybridized carbons (Fsp3) is 0.348. The molecule has 0 aromatic carbocycles. The van der Waals surface area contributed by atoms with E-state index in [1.807, 2.05) is 36.0 Å². The first kappa shape index (κ1) is 28.4. The van der Waals surface area contributed by atoms with E-state index in [-0.39, 0.29) is 22.2 Å². The molecule has 0 radical (unpaired) electrons. The number of aliphatic carboxylic acids is 2. The lowest BCUT2D eigenvalue weighted by atomic mass is 10.0. The van der Waals surface area contributed by atoms with Crippen LogP contribution in [0.5, 0.6) is 0 Å². The number of carbonyl (C=O) groups excluding carboxylic acids is 2. The van der Waals surface area contributed by atoms with E-state index in [0.717, 1.165) is 22.8 Å². The summed E-state index contributed by atoms with van der Waals surface area (Å²) in [7, 11) is 0. The summed E-state index contributed by atoms with van der Waals surface area (Å²) < 4.78 is 2.01. The van der Waals surface area contributed by atoms with Crippen molar-refractivity contribution in [3.05, 3.63) is 46.9 Å². The molecule has 1 fully saturated rings. The number of thiazole rings is 1. The van der Waals surface area contributed by atoms with Gasteiger partial charge in [-0.2, -0.15) is 0 Å². The van der Waals surface area contributed by atoms with Crippen molar-refractivity contribution in [1.29, 1.82) is 0 Å². The van der Waals surface area contributed by atoms with Crippen molar-refractivity contribution in [1.82, 2.24) is 15.2 Å². The number of carboxylic acid groups (broad SMARTS) is 2. The summed E-state index contributed by atoms with van der Waals surface area (Å²) in [4.78, 5) is 60.5. The molecule has 4 rings (SSSR count). The molecule has 13 nitrogen and oxygen atoms in total. The monoisotopic (exact) mass is 593 g/mol. The number of oxime groups is 1. The number of hydrogen-bond donors (Lipinski definition) is 4. The number of anilines is 1. The number of thioether (sulfide) groups is 2. The Morgan fingerprint density at radius 1 is 1.36 bits per heavy atom. The molecule has 2 aliphatic rings. The Balaban J connectivity index is 1.49. The standard InChI is InChI=1S/C23H24N6O7S3/c1-3-28-6-4-13(5-7-28)37-8-12-9-38-20-16(19(31)29(20)17(12)22(34)35)26-18(30)15(14-10-39-23(24)25-14)27-36-11(2)21(32)33/h4-7,10-11,16,20H,3,8-9H2,1-2H3,(H4-,24,25,26,30,32,33,34,35)/p+1/b27-15-/t11-,16+,20+/m0/s1. The van der Waals surface area contributed by atoms with Crippen LogP contribution in [0, 0.1) is 0 Å². The Kier molecular flexibility index (Phi) is 8.76. The third-order valence-electron chi connectivity index (χ3n) is 5.80. The summed E-state index contributed by atoms with van der Waals surface area (Å²) >= 11 is 3.85. The molecule has 206 valence electrons. The van der Waals surface area contributed by atoms with Crippen LogP contribution in [0.3, 0.4) is 0 Å². The second kappa shape index (κ2) is 12.0. The van der Waals surface area contributed by atoms with Crippen LogP contribution in [0.25, 0.3) is 0 Å². The first-order valence-corrected chi connectivity index (χ1v) is 14.5. The quantitative estimate of drug-likeness (QED) is 0.0946. The molecule has 4 heterocycles. The van der Waals surface area contributed by atoms with Crippen molar-refractivity contribution in [2.75, 3.05) is 17.2 Å². The number of nitrogens with zero attached hydrogens (tertiary/aromatic N) is 4.